The maximum Gasteiger partial charge on any atom is 0.245 e. The molecule has 0 bridgehead atoms. The van der Waals surface area contributed by atoms with Gasteiger partial charge in [0.05, 0.1) is 36.3 Å². The van der Waals surface area contributed by atoms with E-state index in [1.54, 1.807) is 34.6 Å². The van der Waals surface area contributed by atoms with Gasteiger partial charge in [-0.3, -0.25) is 72.7 Å². The number of nitrogens with two attached hydrogens (primary N) is 10. The van der Waals surface area contributed by atoms with Gasteiger partial charge < -0.3 is 99.0 Å². The molecule has 0 unspecified atom stereocenters. The lowest BCUT2D eigenvalue weighted by Gasteiger charge is -2.31. The lowest BCUT2D eigenvalue weighted by Crippen LogP contribution is -2.59. The van der Waals surface area contributed by atoms with Gasteiger partial charge >= 0.3 is 0 Å². The van der Waals surface area contributed by atoms with Crippen LogP contribution >= 0.6 is 0 Å². The minimum Gasteiger partial charge on any atom is -0.393 e. The van der Waals surface area contributed by atoms with Gasteiger partial charge in [0, 0.05) is 82.1 Å². The number of aliphatic hydroxyl groups excluding tert-OH is 2. The van der Waals surface area contributed by atoms with Gasteiger partial charge in [-0.2, -0.15) is 0 Å². The molecule has 0 aromatic heterocycles. The first kappa shape index (κ1) is 83.9. The molecule has 0 saturated carbocycles. The van der Waals surface area contributed by atoms with E-state index in [9.17, 15) is 63.0 Å². The summed E-state index contributed by atoms with van der Waals surface area (Å²) in [5.74, 6) is -13.8. The summed E-state index contributed by atoms with van der Waals surface area (Å²) in [6, 6.07) is -7.69. The molecule has 33 heteroatoms. The molecule has 0 aliphatic carbocycles. The molecule has 0 aromatic carbocycles. The van der Waals surface area contributed by atoms with Crippen LogP contribution < -0.4 is 83.9 Å². The molecule has 1 saturated heterocycles. The van der Waals surface area contributed by atoms with E-state index < -0.39 is 156 Å². The zero-order valence-corrected chi connectivity index (χ0v) is 56.3. The molecule has 534 valence electrons. The number of likely N-dealkylation sites (tertiary alicyclic amines) is 1. The molecular weight excluding hydrogens is 1220 g/mol. The summed E-state index contributed by atoms with van der Waals surface area (Å²) in [5, 5.41) is 35.3. The largest absolute Gasteiger partial charge is 0.393 e. The lowest BCUT2D eigenvalue weighted by atomic mass is 9.88. The second kappa shape index (κ2) is 43.8. The van der Waals surface area contributed by atoms with Crippen LogP contribution in [0.5, 0.6) is 0 Å². The predicted octanol–water partition coefficient (Wildman–Crippen LogP) is -3.74. The van der Waals surface area contributed by atoms with E-state index in [1.165, 1.54) is 25.7 Å². The predicted molar refractivity (Wildman–Crippen MR) is 356 cm³/mol. The smallest absolute Gasteiger partial charge is 0.245 e. The molecule has 1 aliphatic rings. The highest BCUT2D eigenvalue weighted by Gasteiger charge is 2.41. The van der Waals surface area contributed by atoms with Crippen molar-refractivity contribution in [2.75, 3.05) is 39.3 Å². The van der Waals surface area contributed by atoms with Gasteiger partial charge in [0.15, 0.2) is 41.2 Å². The molecule has 0 radical (unpaired) electrons. The van der Waals surface area contributed by atoms with Crippen LogP contribution in [-0.4, -0.2) is 191 Å². The number of carbonyl (C=O) groups is 11. The average Bonchev–Trinajstić information content (AvgIpc) is 1.57. The number of Topliss-reactive ketones (excluding diaryl/α,β-unsaturated/α-hetero) is 4. The van der Waals surface area contributed by atoms with Gasteiger partial charge in [-0.05, 0) is 116 Å². The quantitative estimate of drug-likeness (QED) is 0.0158. The van der Waals surface area contributed by atoms with Gasteiger partial charge in [0.2, 0.25) is 41.4 Å². The maximum absolute atomic E-state index is 14.4. The summed E-state index contributed by atoms with van der Waals surface area (Å²) in [6.07, 6.45) is -1.54. The topological polar surface area (TPSA) is 601 Å². The second-order valence-corrected chi connectivity index (χ2v) is 25.2. The Morgan fingerprint density at radius 3 is 1.38 bits per heavy atom. The van der Waals surface area contributed by atoms with Crippen molar-refractivity contribution < 1.29 is 63.0 Å². The number of amides is 7. The Morgan fingerprint density at radius 1 is 0.447 bits per heavy atom. The highest BCUT2D eigenvalue weighted by molar-refractivity contribution is 5.99. The molecule has 13 atom stereocenters. The van der Waals surface area contributed by atoms with Crippen molar-refractivity contribution in [1.29, 1.82) is 0 Å². The van der Waals surface area contributed by atoms with Gasteiger partial charge in [0.1, 0.15) is 23.9 Å². The summed E-state index contributed by atoms with van der Waals surface area (Å²) >= 11 is 0. The number of nitrogens with zero attached hydrogens (tertiary/aromatic N) is 5. The normalized spacial score (nSPS) is 16.7. The van der Waals surface area contributed by atoms with Crippen molar-refractivity contribution in [3.63, 3.8) is 0 Å². The third kappa shape index (κ3) is 31.7. The number of aliphatic imine (C=N–C) groups is 4. The van der Waals surface area contributed by atoms with Crippen LogP contribution in [0.4, 0.5) is 0 Å². The molecular formula is C61H112N20O13. The van der Waals surface area contributed by atoms with E-state index in [-0.39, 0.29) is 126 Å². The zero-order chi connectivity index (χ0) is 71.5. The Hall–Kier alpha value is -8.07. The number of hydrogen-bond acceptors (Lipinski definition) is 18. The summed E-state index contributed by atoms with van der Waals surface area (Å²) in [6.45, 7) is 13.4. The van der Waals surface area contributed by atoms with E-state index in [0.717, 1.165) is 0 Å². The fraction of sp³-hybridized carbons (Fsp3) is 0.754. The minimum atomic E-state index is -1.70. The summed E-state index contributed by atoms with van der Waals surface area (Å²) in [4.78, 5) is 170. The van der Waals surface area contributed by atoms with Crippen LogP contribution in [0.1, 0.15) is 165 Å². The summed E-state index contributed by atoms with van der Waals surface area (Å²) in [5.41, 5.74) is 55.3. The van der Waals surface area contributed by atoms with Crippen LogP contribution in [-0.2, 0) is 52.7 Å². The summed E-state index contributed by atoms with van der Waals surface area (Å²) < 4.78 is 0. The zero-order valence-electron chi connectivity index (χ0n) is 56.3. The Balaban J connectivity index is 3.47. The van der Waals surface area contributed by atoms with Gasteiger partial charge in [-0.25, -0.2) is 0 Å². The highest BCUT2D eigenvalue weighted by Crippen LogP contribution is 2.27. The number of hydrogen-bond donors (Lipinski definition) is 17. The highest BCUT2D eigenvalue weighted by atomic mass is 16.3. The third-order valence-electron chi connectivity index (χ3n) is 16.3. The molecule has 94 heavy (non-hydrogen) atoms. The average molecular weight is 1330 g/mol. The van der Waals surface area contributed by atoms with Crippen molar-refractivity contribution in [3.05, 3.63) is 0 Å². The van der Waals surface area contributed by atoms with Crippen LogP contribution in [0.3, 0.4) is 0 Å². The molecule has 33 nitrogen and oxygen atoms in total. The maximum atomic E-state index is 14.4. The molecule has 0 spiro atoms. The fourth-order valence-electron chi connectivity index (χ4n) is 10.8. The number of guanidine groups is 4. The third-order valence-corrected chi connectivity index (χ3v) is 16.3. The molecule has 1 aliphatic heterocycles. The SMILES string of the molecule is CC(C)[C@H](NC(=O)[C@H](CCCN=C(N)N)CC(=O)[C@@H](NC(=O)[C@H](C)CC(=O)[C@H](CCCCN)NC(=O)[C@@H](CC(=O)[C@H](CCCN=C(N)N)NC(=O)[C@@H](NC(=O)[C@@H]1CCCN1C(=O)[C@H](CCCN=C(N)N)CC(=O)[C@@H](C)CCCN=C(N)N)[C@@H](C)O)[C@@H](C)O)C(C)C)C(N)=O. The molecule has 27 N–H and O–H groups in total. The molecule has 1 rings (SSSR count). The van der Waals surface area contributed by atoms with E-state index in [0.29, 0.717) is 45.1 Å². The molecule has 0 aromatic rings. The Labute approximate surface area is 551 Å². The second-order valence-electron chi connectivity index (χ2n) is 25.2. The number of primary amides is 1. The van der Waals surface area contributed by atoms with Gasteiger partial charge in [-0.1, -0.05) is 41.5 Å². The number of carbonyl (C=O) groups excluding carboxylic acids is 11. The van der Waals surface area contributed by atoms with Crippen molar-refractivity contribution >= 4 is 88.3 Å². The minimum absolute atomic E-state index is 0.0122. The van der Waals surface area contributed by atoms with Crippen LogP contribution in [0.15, 0.2) is 20.0 Å². The van der Waals surface area contributed by atoms with Crippen LogP contribution in [0, 0.1) is 41.4 Å². The summed E-state index contributed by atoms with van der Waals surface area (Å²) in [7, 11) is 0. The van der Waals surface area contributed by atoms with Crippen molar-refractivity contribution in [3.8, 4) is 0 Å². The first-order valence-corrected chi connectivity index (χ1v) is 32.5. The van der Waals surface area contributed by atoms with Crippen molar-refractivity contribution in [2.24, 2.45) is 119 Å². The number of nitrogens with one attached hydrogen (secondary N) is 5. The first-order valence-electron chi connectivity index (χ1n) is 32.5. The van der Waals surface area contributed by atoms with Crippen LogP contribution in [0.25, 0.3) is 0 Å². The van der Waals surface area contributed by atoms with E-state index in [4.69, 9.17) is 57.3 Å². The number of ketones is 4. The Morgan fingerprint density at radius 2 is 0.904 bits per heavy atom. The molecule has 1 fully saturated rings. The number of aliphatic hydroxyl groups is 2. The van der Waals surface area contributed by atoms with Crippen molar-refractivity contribution in [1.82, 2.24) is 31.5 Å². The van der Waals surface area contributed by atoms with Gasteiger partial charge in [-0.15, -0.1) is 0 Å². The van der Waals surface area contributed by atoms with Gasteiger partial charge in [0.25, 0.3) is 0 Å². The molecule has 1 heterocycles. The Bertz CT molecular complexity index is 2620. The first-order chi connectivity index (χ1) is 44.0. The van der Waals surface area contributed by atoms with E-state index >= 15 is 0 Å². The standard InChI is InChI=1S/C61H112N20O13/c1-32(2)48(47(87)29-38(17-12-24-73-59(66)67)53(90)79-49(33(3)4)51(63)88)78-52(89)35(6)28-45(85)41(19-9-10-22-62)76-54(91)40(36(7)82)31-46(86)42(20-14-26-75-61(70)71)77-56(93)50(37(8)83)80-55(92)43-21-15-27-81(43)57(94)39(18-13-25-74-60(68)69)30-44(84)34(5)16-11-23-72-58(64)65/h32-43,48-50,82-83H,9-31,62H2,1-8H3,(H2,63,88)(H,76,91)(H,77,93)(H,78,89)(H,79,90)(H,80,92)(H4,64,65,72)(H4,66,67,73)(H4,68,69,74)(H4,70,71,75)/t34-,35+,36+,37+,38+,39+,40-,41-,42-,43-,48-,49-,50-/m0/s1. The van der Waals surface area contributed by atoms with Crippen molar-refractivity contribution in [2.45, 2.75) is 213 Å². The van der Waals surface area contributed by atoms with E-state index in [2.05, 4.69) is 46.6 Å². The fourth-order valence-corrected chi connectivity index (χ4v) is 10.8. The van der Waals surface area contributed by atoms with E-state index in [1.807, 2.05) is 0 Å². The molecule has 7 amide bonds. The monoisotopic (exact) mass is 1330 g/mol. The van der Waals surface area contributed by atoms with Crippen LogP contribution in [0.2, 0.25) is 0 Å². The number of rotatable bonds is 48. The Kier molecular flexibility index (Phi) is 39.1. The lowest BCUT2D eigenvalue weighted by molar-refractivity contribution is -0.144. The number of unbranched alkanes of at least 4 members (excludes halogenated alkanes) is 1.